The van der Waals surface area contributed by atoms with Crippen molar-refractivity contribution in [1.82, 2.24) is 10.3 Å². The van der Waals surface area contributed by atoms with Gasteiger partial charge in [-0.15, -0.1) is 0 Å². The van der Waals surface area contributed by atoms with Crippen LogP contribution in [0.3, 0.4) is 0 Å². The lowest BCUT2D eigenvalue weighted by atomic mass is 9.81. The predicted octanol–water partition coefficient (Wildman–Crippen LogP) is 3.09. The normalized spacial score (nSPS) is 22.6. The number of aromatic nitrogens is 1. The highest BCUT2D eigenvalue weighted by Gasteiger charge is 2.18. The monoisotopic (exact) mass is 276 g/mol. The molecule has 0 amide bonds. The van der Waals surface area contributed by atoms with Crippen molar-refractivity contribution < 1.29 is 9.90 Å². The highest BCUT2D eigenvalue weighted by Crippen LogP contribution is 2.30. The molecular formula is C16H24N2O2. The van der Waals surface area contributed by atoms with Gasteiger partial charge in [-0.2, -0.15) is 0 Å². The van der Waals surface area contributed by atoms with E-state index in [-0.39, 0.29) is 5.56 Å². The Bertz CT molecular complexity index is 431. The average molecular weight is 276 g/mol. The number of carboxylic acids is 1. The smallest absolute Gasteiger partial charge is 0.337 e. The fourth-order valence-electron chi connectivity index (χ4n) is 3.00. The first-order valence-corrected chi connectivity index (χ1v) is 7.54. The average Bonchev–Trinajstić information content (AvgIpc) is 2.44. The van der Waals surface area contributed by atoms with E-state index < -0.39 is 5.97 Å². The van der Waals surface area contributed by atoms with Crippen LogP contribution in [0.4, 0.5) is 0 Å². The van der Waals surface area contributed by atoms with E-state index in [0.29, 0.717) is 6.54 Å². The van der Waals surface area contributed by atoms with Gasteiger partial charge in [-0.05, 0) is 43.4 Å². The second-order valence-electron chi connectivity index (χ2n) is 5.95. The molecule has 0 aliphatic heterocycles. The van der Waals surface area contributed by atoms with Crippen molar-refractivity contribution in [3.8, 4) is 0 Å². The Balaban J connectivity index is 1.66. The molecule has 1 aromatic heterocycles. The zero-order valence-corrected chi connectivity index (χ0v) is 12.1. The van der Waals surface area contributed by atoms with Gasteiger partial charge in [0.05, 0.1) is 11.3 Å². The molecule has 0 spiro atoms. The number of pyridine rings is 1. The summed E-state index contributed by atoms with van der Waals surface area (Å²) in [5.41, 5.74) is 1.14. The van der Waals surface area contributed by atoms with Gasteiger partial charge in [0.25, 0.3) is 0 Å². The van der Waals surface area contributed by atoms with Crippen molar-refractivity contribution in [2.75, 3.05) is 6.54 Å². The van der Waals surface area contributed by atoms with Gasteiger partial charge < -0.3 is 10.4 Å². The number of nitrogens with one attached hydrogen (secondary N) is 1. The second kappa shape index (κ2) is 7.39. The van der Waals surface area contributed by atoms with Crippen LogP contribution >= 0.6 is 0 Å². The molecule has 0 bridgehead atoms. The van der Waals surface area contributed by atoms with E-state index in [0.717, 1.165) is 24.1 Å². The van der Waals surface area contributed by atoms with Crippen molar-refractivity contribution in [1.29, 1.82) is 0 Å². The maximum absolute atomic E-state index is 10.7. The van der Waals surface area contributed by atoms with Crippen molar-refractivity contribution in [2.24, 2.45) is 11.8 Å². The third kappa shape index (κ3) is 4.60. The van der Waals surface area contributed by atoms with Crippen molar-refractivity contribution >= 4 is 5.97 Å². The van der Waals surface area contributed by atoms with E-state index >= 15 is 0 Å². The number of carbonyl (C=O) groups is 1. The topological polar surface area (TPSA) is 62.2 Å². The third-order valence-electron chi connectivity index (χ3n) is 4.15. The number of rotatable bonds is 6. The summed E-state index contributed by atoms with van der Waals surface area (Å²) in [5.74, 6) is 0.830. The van der Waals surface area contributed by atoms with E-state index in [1.807, 2.05) is 0 Å². The first-order chi connectivity index (χ1) is 9.65. The summed E-state index contributed by atoms with van der Waals surface area (Å²) in [6.45, 7) is 4.08. The van der Waals surface area contributed by atoms with Gasteiger partial charge in [-0.3, -0.25) is 4.98 Å². The van der Waals surface area contributed by atoms with Crippen molar-refractivity contribution in [3.05, 3.63) is 29.6 Å². The Morgan fingerprint density at radius 3 is 2.95 bits per heavy atom. The Labute approximate surface area is 120 Å². The molecular weight excluding hydrogens is 252 g/mol. The first-order valence-electron chi connectivity index (χ1n) is 7.54. The quantitative estimate of drug-likeness (QED) is 0.784. The van der Waals surface area contributed by atoms with Gasteiger partial charge >= 0.3 is 5.97 Å². The van der Waals surface area contributed by atoms with E-state index in [4.69, 9.17) is 5.11 Å². The summed E-state index contributed by atoms with van der Waals surface area (Å²) in [4.78, 5) is 14.9. The van der Waals surface area contributed by atoms with Gasteiger partial charge in [0.2, 0.25) is 0 Å². The molecule has 0 aromatic carbocycles. The van der Waals surface area contributed by atoms with E-state index in [1.54, 1.807) is 12.1 Å². The van der Waals surface area contributed by atoms with Crippen LogP contribution < -0.4 is 5.32 Å². The van der Waals surface area contributed by atoms with Crippen molar-refractivity contribution in [2.45, 2.75) is 45.6 Å². The van der Waals surface area contributed by atoms with Gasteiger partial charge in [0.1, 0.15) is 0 Å². The summed E-state index contributed by atoms with van der Waals surface area (Å²) in [6.07, 6.45) is 8.17. The zero-order chi connectivity index (χ0) is 14.4. The van der Waals surface area contributed by atoms with Gasteiger partial charge in [0, 0.05) is 12.7 Å². The van der Waals surface area contributed by atoms with Crippen LogP contribution in [-0.2, 0) is 6.54 Å². The molecule has 4 nitrogen and oxygen atoms in total. The van der Waals surface area contributed by atoms with E-state index in [1.165, 1.54) is 38.3 Å². The molecule has 2 rings (SSSR count). The Morgan fingerprint density at radius 1 is 1.45 bits per heavy atom. The molecule has 2 N–H and O–H groups in total. The number of carboxylic acid groups (broad SMARTS) is 1. The number of hydrogen-bond donors (Lipinski definition) is 2. The molecule has 1 aromatic rings. The second-order valence-corrected chi connectivity index (χ2v) is 5.95. The summed E-state index contributed by atoms with van der Waals surface area (Å²) < 4.78 is 0. The first kappa shape index (κ1) is 15.0. The molecule has 1 heterocycles. The largest absolute Gasteiger partial charge is 0.478 e. The Morgan fingerprint density at radius 2 is 2.30 bits per heavy atom. The highest BCUT2D eigenvalue weighted by atomic mass is 16.4. The summed E-state index contributed by atoms with van der Waals surface area (Å²) in [7, 11) is 0. The summed E-state index contributed by atoms with van der Waals surface area (Å²) >= 11 is 0. The number of nitrogens with zero attached hydrogens (tertiary/aromatic N) is 1. The SMILES string of the molecule is CC1CCCC(CCNCc2ccc(C(=O)O)cn2)C1. The maximum atomic E-state index is 10.7. The summed E-state index contributed by atoms with van der Waals surface area (Å²) in [6, 6.07) is 3.38. The van der Waals surface area contributed by atoms with Gasteiger partial charge in [-0.1, -0.05) is 26.2 Å². The molecule has 0 saturated heterocycles. The fraction of sp³-hybridized carbons (Fsp3) is 0.625. The highest BCUT2D eigenvalue weighted by molar-refractivity contribution is 5.87. The minimum Gasteiger partial charge on any atom is -0.478 e. The van der Waals surface area contributed by atoms with E-state index in [9.17, 15) is 4.79 Å². The minimum absolute atomic E-state index is 0.241. The van der Waals surface area contributed by atoms with Gasteiger partial charge in [0.15, 0.2) is 0 Å². The molecule has 110 valence electrons. The van der Waals surface area contributed by atoms with E-state index in [2.05, 4.69) is 17.2 Å². The maximum Gasteiger partial charge on any atom is 0.337 e. The van der Waals surface area contributed by atoms with Crippen molar-refractivity contribution in [3.63, 3.8) is 0 Å². The molecule has 1 aliphatic carbocycles. The lowest BCUT2D eigenvalue weighted by Crippen LogP contribution is -2.21. The Hall–Kier alpha value is -1.42. The molecule has 1 aliphatic rings. The molecule has 20 heavy (non-hydrogen) atoms. The van der Waals surface area contributed by atoms with Crippen LogP contribution in [0.15, 0.2) is 18.3 Å². The minimum atomic E-state index is -0.927. The molecule has 1 saturated carbocycles. The standard InChI is InChI=1S/C16H24N2O2/c1-12-3-2-4-13(9-12)7-8-17-11-15-6-5-14(10-18-15)16(19)20/h5-6,10,12-13,17H,2-4,7-9,11H2,1H3,(H,19,20). The van der Waals surface area contributed by atoms with Crippen LogP contribution in [0, 0.1) is 11.8 Å². The number of hydrogen-bond acceptors (Lipinski definition) is 3. The number of aromatic carboxylic acids is 1. The molecule has 2 atom stereocenters. The zero-order valence-electron chi connectivity index (χ0n) is 12.1. The van der Waals surface area contributed by atoms with Crippen LogP contribution in [0.1, 0.15) is 55.1 Å². The molecule has 1 fully saturated rings. The summed E-state index contributed by atoms with van der Waals surface area (Å²) in [5, 5.41) is 12.2. The Kier molecular flexibility index (Phi) is 5.53. The molecule has 2 unspecified atom stereocenters. The fourth-order valence-corrected chi connectivity index (χ4v) is 3.00. The van der Waals surface area contributed by atoms with Crippen LogP contribution in [0.2, 0.25) is 0 Å². The van der Waals surface area contributed by atoms with Gasteiger partial charge in [-0.25, -0.2) is 4.79 Å². The lowest BCUT2D eigenvalue weighted by molar-refractivity contribution is 0.0696. The lowest BCUT2D eigenvalue weighted by Gasteiger charge is -2.26. The van der Waals surface area contributed by atoms with Crippen LogP contribution in [0.25, 0.3) is 0 Å². The predicted molar refractivity (Wildman–Crippen MR) is 78.6 cm³/mol. The molecule has 0 radical (unpaired) electrons. The molecule has 4 heteroatoms. The third-order valence-corrected chi connectivity index (χ3v) is 4.15. The van der Waals surface area contributed by atoms with Crippen LogP contribution in [0.5, 0.6) is 0 Å². The van der Waals surface area contributed by atoms with Crippen LogP contribution in [-0.4, -0.2) is 22.6 Å².